The zero-order valence-electron chi connectivity index (χ0n) is 10.7. The van der Waals surface area contributed by atoms with Crippen LogP contribution in [0.4, 0.5) is 18.9 Å². The number of piperidine rings is 1. The molecule has 2 rings (SSSR count). The van der Waals surface area contributed by atoms with Crippen LogP contribution in [-0.2, 0) is 4.79 Å². The van der Waals surface area contributed by atoms with E-state index in [1.807, 2.05) is 0 Å². The van der Waals surface area contributed by atoms with Crippen LogP contribution in [0.5, 0.6) is 5.75 Å². The van der Waals surface area contributed by atoms with E-state index in [-0.39, 0.29) is 17.6 Å². The molecule has 1 saturated heterocycles. The molecule has 0 aromatic heterocycles. The largest absolute Gasteiger partial charge is 0.573 e. The number of nitrogens with one attached hydrogen (secondary N) is 2. The Hall–Kier alpha value is -1.76. The predicted molar refractivity (Wildman–Crippen MR) is 67.3 cm³/mol. The van der Waals surface area contributed by atoms with Gasteiger partial charge in [-0.15, -0.1) is 13.2 Å². The van der Waals surface area contributed by atoms with Gasteiger partial charge in [0.2, 0.25) is 5.91 Å². The number of rotatable bonds is 3. The van der Waals surface area contributed by atoms with Gasteiger partial charge in [-0.25, -0.2) is 0 Å². The van der Waals surface area contributed by atoms with Gasteiger partial charge in [0.25, 0.3) is 0 Å². The van der Waals surface area contributed by atoms with E-state index in [9.17, 15) is 18.0 Å². The fourth-order valence-electron chi connectivity index (χ4n) is 2.06. The number of amides is 1. The molecule has 1 aromatic carbocycles. The molecule has 20 heavy (non-hydrogen) atoms. The predicted octanol–water partition coefficient (Wildman–Crippen LogP) is 2.52. The normalized spacial score (nSPS) is 19.4. The number of anilines is 1. The van der Waals surface area contributed by atoms with Gasteiger partial charge in [-0.2, -0.15) is 0 Å². The number of carbonyl (C=O) groups is 1. The van der Waals surface area contributed by atoms with Gasteiger partial charge in [-0.3, -0.25) is 4.79 Å². The Labute approximate surface area is 114 Å². The highest BCUT2D eigenvalue weighted by Gasteiger charge is 2.31. The van der Waals surface area contributed by atoms with Crippen molar-refractivity contribution in [1.29, 1.82) is 0 Å². The third-order valence-corrected chi connectivity index (χ3v) is 3.02. The molecule has 1 fully saturated rings. The minimum Gasteiger partial charge on any atom is -0.406 e. The maximum Gasteiger partial charge on any atom is 0.573 e. The van der Waals surface area contributed by atoms with Crippen LogP contribution in [0, 0.1) is 5.92 Å². The molecule has 7 heteroatoms. The lowest BCUT2D eigenvalue weighted by molar-refractivity contribution is -0.274. The summed E-state index contributed by atoms with van der Waals surface area (Å²) >= 11 is 0. The number of benzene rings is 1. The van der Waals surface area contributed by atoms with Gasteiger partial charge in [0, 0.05) is 12.2 Å². The molecule has 1 aromatic rings. The second-order valence-electron chi connectivity index (χ2n) is 4.60. The standard InChI is InChI=1S/C13H15F3N2O2/c14-13(15,16)20-11-5-3-10(4-6-11)18-12(19)9-2-1-7-17-8-9/h3-6,9,17H,1-2,7-8H2,(H,18,19)/t9-/m0/s1. The lowest BCUT2D eigenvalue weighted by atomic mass is 9.99. The van der Waals surface area contributed by atoms with Crippen LogP contribution in [0.25, 0.3) is 0 Å². The van der Waals surface area contributed by atoms with Crippen LogP contribution >= 0.6 is 0 Å². The average Bonchev–Trinajstić information content (AvgIpc) is 2.40. The van der Waals surface area contributed by atoms with E-state index in [0.717, 1.165) is 19.4 Å². The molecule has 0 saturated carbocycles. The average molecular weight is 288 g/mol. The molecule has 110 valence electrons. The summed E-state index contributed by atoms with van der Waals surface area (Å²) in [5.41, 5.74) is 0.454. The SMILES string of the molecule is O=C(Nc1ccc(OC(F)(F)F)cc1)[C@H]1CCCNC1. The second-order valence-corrected chi connectivity index (χ2v) is 4.60. The van der Waals surface area contributed by atoms with Gasteiger partial charge < -0.3 is 15.4 Å². The highest BCUT2D eigenvalue weighted by Crippen LogP contribution is 2.24. The highest BCUT2D eigenvalue weighted by atomic mass is 19.4. The van der Waals surface area contributed by atoms with Gasteiger partial charge in [0.05, 0.1) is 5.92 Å². The molecule has 2 N–H and O–H groups in total. The lowest BCUT2D eigenvalue weighted by Crippen LogP contribution is -2.37. The molecule has 4 nitrogen and oxygen atoms in total. The number of hydrogen-bond donors (Lipinski definition) is 2. The lowest BCUT2D eigenvalue weighted by Gasteiger charge is -2.21. The van der Waals surface area contributed by atoms with Crippen LogP contribution in [0.2, 0.25) is 0 Å². The van der Waals surface area contributed by atoms with E-state index in [2.05, 4.69) is 15.4 Å². The third-order valence-electron chi connectivity index (χ3n) is 3.02. The van der Waals surface area contributed by atoms with Crippen LogP contribution in [0.1, 0.15) is 12.8 Å². The molecular formula is C13H15F3N2O2. The van der Waals surface area contributed by atoms with Crippen LogP contribution in [0.15, 0.2) is 24.3 Å². The van der Waals surface area contributed by atoms with Gasteiger partial charge in [-0.05, 0) is 43.7 Å². The number of hydrogen-bond acceptors (Lipinski definition) is 3. The molecule has 0 spiro atoms. The summed E-state index contributed by atoms with van der Waals surface area (Å²) in [5, 5.41) is 5.82. The van der Waals surface area contributed by atoms with E-state index in [1.54, 1.807) is 0 Å². The first-order valence-electron chi connectivity index (χ1n) is 6.31. The van der Waals surface area contributed by atoms with Gasteiger partial charge in [0.1, 0.15) is 5.75 Å². The Bertz CT molecular complexity index is 454. The van der Waals surface area contributed by atoms with E-state index in [0.29, 0.717) is 12.2 Å². The molecule has 1 aliphatic heterocycles. The summed E-state index contributed by atoms with van der Waals surface area (Å²) in [4.78, 5) is 11.9. The Morgan fingerprint density at radius 1 is 1.30 bits per heavy atom. The second kappa shape index (κ2) is 6.13. The van der Waals surface area contributed by atoms with Crippen LogP contribution in [-0.4, -0.2) is 25.4 Å². The van der Waals surface area contributed by atoms with Gasteiger partial charge in [0.15, 0.2) is 0 Å². The van der Waals surface area contributed by atoms with Crippen molar-refractivity contribution in [2.45, 2.75) is 19.2 Å². The molecule has 0 bridgehead atoms. The molecule has 0 unspecified atom stereocenters. The highest BCUT2D eigenvalue weighted by molar-refractivity contribution is 5.92. The summed E-state index contributed by atoms with van der Waals surface area (Å²) in [7, 11) is 0. The van der Waals surface area contributed by atoms with E-state index in [1.165, 1.54) is 24.3 Å². The number of halogens is 3. The number of alkyl halides is 3. The van der Waals surface area contributed by atoms with Crippen molar-refractivity contribution in [2.75, 3.05) is 18.4 Å². The summed E-state index contributed by atoms with van der Waals surface area (Å²) in [6.45, 7) is 1.54. The van der Waals surface area contributed by atoms with Crippen molar-refractivity contribution in [3.05, 3.63) is 24.3 Å². The van der Waals surface area contributed by atoms with Crippen molar-refractivity contribution < 1.29 is 22.7 Å². The zero-order valence-corrected chi connectivity index (χ0v) is 10.7. The number of ether oxygens (including phenoxy) is 1. The maximum atomic E-state index is 12.0. The molecule has 0 radical (unpaired) electrons. The van der Waals surface area contributed by atoms with Crippen molar-refractivity contribution in [3.8, 4) is 5.75 Å². The van der Waals surface area contributed by atoms with Crippen LogP contribution < -0.4 is 15.4 Å². The van der Waals surface area contributed by atoms with E-state index < -0.39 is 6.36 Å². The molecule has 1 aliphatic rings. The third kappa shape index (κ3) is 4.41. The molecular weight excluding hydrogens is 273 g/mol. The molecule has 1 atom stereocenters. The zero-order chi connectivity index (χ0) is 14.6. The van der Waals surface area contributed by atoms with Crippen molar-refractivity contribution in [2.24, 2.45) is 5.92 Å². The van der Waals surface area contributed by atoms with Gasteiger partial charge >= 0.3 is 6.36 Å². The Morgan fingerprint density at radius 3 is 2.55 bits per heavy atom. The Balaban J connectivity index is 1.91. The maximum absolute atomic E-state index is 12.0. The summed E-state index contributed by atoms with van der Waals surface area (Å²) in [6, 6.07) is 5.11. The topological polar surface area (TPSA) is 50.4 Å². The van der Waals surface area contributed by atoms with E-state index in [4.69, 9.17) is 0 Å². The summed E-state index contributed by atoms with van der Waals surface area (Å²) in [6.07, 6.45) is -2.96. The fraction of sp³-hybridized carbons (Fsp3) is 0.462. The minimum atomic E-state index is -4.71. The molecule has 1 heterocycles. The Kier molecular flexibility index (Phi) is 4.49. The van der Waals surface area contributed by atoms with Crippen molar-refractivity contribution >= 4 is 11.6 Å². The first kappa shape index (κ1) is 14.6. The van der Waals surface area contributed by atoms with E-state index >= 15 is 0 Å². The molecule has 0 aliphatic carbocycles. The fourth-order valence-corrected chi connectivity index (χ4v) is 2.06. The van der Waals surface area contributed by atoms with Crippen molar-refractivity contribution in [1.82, 2.24) is 5.32 Å². The summed E-state index contributed by atoms with van der Waals surface area (Å²) < 4.78 is 39.7. The minimum absolute atomic E-state index is 0.102. The summed E-state index contributed by atoms with van der Waals surface area (Å²) in [5.74, 6) is -0.536. The van der Waals surface area contributed by atoms with Gasteiger partial charge in [-0.1, -0.05) is 0 Å². The smallest absolute Gasteiger partial charge is 0.406 e. The first-order valence-corrected chi connectivity index (χ1v) is 6.31. The number of carbonyl (C=O) groups excluding carboxylic acids is 1. The van der Waals surface area contributed by atoms with Crippen LogP contribution in [0.3, 0.4) is 0 Å². The van der Waals surface area contributed by atoms with Crippen molar-refractivity contribution in [3.63, 3.8) is 0 Å². The Morgan fingerprint density at radius 2 is 2.00 bits per heavy atom. The molecule has 1 amide bonds. The quantitative estimate of drug-likeness (QED) is 0.898. The monoisotopic (exact) mass is 288 g/mol. The first-order chi connectivity index (χ1) is 9.44.